The predicted molar refractivity (Wildman–Crippen MR) is 106 cm³/mol. The van der Waals surface area contributed by atoms with Gasteiger partial charge < -0.3 is 10.3 Å². The van der Waals surface area contributed by atoms with Gasteiger partial charge in [0, 0.05) is 36.6 Å². The lowest BCUT2D eigenvalue weighted by Gasteiger charge is -2.32. The lowest BCUT2D eigenvalue weighted by molar-refractivity contribution is -0.121. The van der Waals surface area contributed by atoms with Crippen molar-refractivity contribution in [3.05, 3.63) is 34.5 Å². The van der Waals surface area contributed by atoms with Crippen LogP contribution in [0.15, 0.2) is 18.2 Å². The monoisotopic (exact) mass is 373 g/mol. The van der Waals surface area contributed by atoms with E-state index in [9.17, 15) is 4.79 Å². The molecule has 140 valence electrons. The number of amides is 1. The number of aromatic nitrogens is 1. The summed E-state index contributed by atoms with van der Waals surface area (Å²) in [7, 11) is 0. The number of hydrogen-bond acceptors (Lipinski definition) is 2. The van der Waals surface area contributed by atoms with Crippen LogP contribution in [0.25, 0.3) is 10.9 Å². The molecule has 26 heavy (non-hydrogen) atoms. The van der Waals surface area contributed by atoms with E-state index in [-0.39, 0.29) is 5.91 Å². The zero-order chi connectivity index (χ0) is 18.1. The van der Waals surface area contributed by atoms with Crippen LogP contribution in [-0.2, 0) is 11.3 Å². The van der Waals surface area contributed by atoms with Gasteiger partial charge in [0.1, 0.15) is 0 Å². The number of nitrogens with one attached hydrogen (secondary N) is 2. The summed E-state index contributed by atoms with van der Waals surface area (Å²) in [5.74, 6) is 0.868. The summed E-state index contributed by atoms with van der Waals surface area (Å²) < 4.78 is 0. The number of H-pyrrole nitrogens is 1. The van der Waals surface area contributed by atoms with Gasteiger partial charge in [0.15, 0.2) is 0 Å². The number of hydrogen-bond donors (Lipinski definition) is 2. The van der Waals surface area contributed by atoms with Gasteiger partial charge in [-0.3, -0.25) is 9.69 Å². The fraction of sp³-hybridized carbons (Fsp3) is 0.571. The maximum atomic E-state index is 11.9. The number of carbonyl (C=O) groups is 1. The van der Waals surface area contributed by atoms with E-state index in [4.69, 9.17) is 11.6 Å². The van der Waals surface area contributed by atoms with E-state index < -0.39 is 0 Å². The molecule has 0 bridgehead atoms. The van der Waals surface area contributed by atoms with Crippen molar-refractivity contribution in [3.63, 3.8) is 0 Å². The second-order valence-electron chi connectivity index (χ2n) is 8.01. The molecule has 2 aromatic rings. The van der Waals surface area contributed by atoms with E-state index in [1.807, 2.05) is 12.1 Å². The molecule has 1 aromatic carbocycles. The van der Waals surface area contributed by atoms with Gasteiger partial charge in [0.05, 0.1) is 10.5 Å². The molecule has 2 N–H and O–H groups in total. The smallest absolute Gasteiger partial charge is 0.220 e. The highest BCUT2D eigenvalue weighted by atomic mass is 35.5. The van der Waals surface area contributed by atoms with Crippen LogP contribution in [0.1, 0.15) is 49.8 Å². The summed E-state index contributed by atoms with van der Waals surface area (Å²) in [6.07, 6.45) is 6.47. The zero-order valence-corrected chi connectivity index (χ0v) is 16.2. The minimum absolute atomic E-state index is 0.241. The summed E-state index contributed by atoms with van der Waals surface area (Å²) in [6, 6.07) is 6.56. The Labute approximate surface area is 160 Å². The molecule has 1 atom stereocenters. The molecule has 1 amide bonds. The number of aromatic amines is 1. The van der Waals surface area contributed by atoms with Crippen molar-refractivity contribution in [2.24, 2.45) is 5.92 Å². The second kappa shape index (κ2) is 7.61. The molecule has 4 rings (SSSR count). The van der Waals surface area contributed by atoms with Crippen molar-refractivity contribution in [2.45, 2.75) is 58.0 Å². The van der Waals surface area contributed by atoms with Crippen LogP contribution >= 0.6 is 11.6 Å². The molecule has 1 saturated heterocycles. The first-order chi connectivity index (χ1) is 12.6. The van der Waals surface area contributed by atoms with Gasteiger partial charge in [-0.15, -0.1) is 0 Å². The molecule has 1 aliphatic carbocycles. The molecule has 4 nitrogen and oxygen atoms in total. The van der Waals surface area contributed by atoms with Crippen molar-refractivity contribution in [1.29, 1.82) is 0 Å². The molecule has 0 unspecified atom stereocenters. The highest BCUT2D eigenvalue weighted by Crippen LogP contribution is 2.29. The summed E-state index contributed by atoms with van der Waals surface area (Å²) in [4.78, 5) is 18.0. The third-order valence-corrected chi connectivity index (χ3v) is 6.17. The number of piperidine rings is 1. The average molecular weight is 374 g/mol. The Balaban J connectivity index is 1.35. The number of para-hydroxylation sites is 1. The van der Waals surface area contributed by atoms with Crippen LogP contribution in [0.4, 0.5) is 0 Å². The third-order valence-electron chi connectivity index (χ3n) is 5.85. The molecular formula is C21H28ClN3O. The van der Waals surface area contributed by atoms with Gasteiger partial charge in [-0.2, -0.15) is 0 Å². The zero-order valence-electron chi connectivity index (χ0n) is 15.5. The molecule has 2 heterocycles. The summed E-state index contributed by atoms with van der Waals surface area (Å²) >= 11 is 6.34. The fourth-order valence-corrected chi connectivity index (χ4v) is 4.37. The number of rotatable bonds is 6. The van der Waals surface area contributed by atoms with Crippen molar-refractivity contribution in [3.8, 4) is 0 Å². The average Bonchev–Trinajstić information content (AvgIpc) is 3.39. The predicted octanol–water partition coefficient (Wildman–Crippen LogP) is 4.40. The van der Waals surface area contributed by atoms with E-state index in [0.717, 1.165) is 49.4 Å². The first kappa shape index (κ1) is 17.9. The summed E-state index contributed by atoms with van der Waals surface area (Å²) in [6.45, 7) is 5.32. The molecule has 1 saturated carbocycles. The topological polar surface area (TPSA) is 48.1 Å². The first-order valence-electron chi connectivity index (χ1n) is 9.87. The van der Waals surface area contributed by atoms with Gasteiger partial charge in [-0.25, -0.2) is 0 Å². The number of fused-ring (bicyclic) bond motifs is 1. The number of benzene rings is 1. The molecular weight excluding hydrogens is 346 g/mol. The highest BCUT2D eigenvalue weighted by molar-refractivity contribution is 6.35. The Morgan fingerprint density at radius 2 is 2.19 bits per heavy atom. The van der Waals surface area contributed by atoms with Crippen LogP contribution in [0.2, 0.25) is 5.02 Å². The Kier molecular flexibility index (Phi) is 5.23. The van der Waals surface area contributed by atoms with Gasteiger partial charge in [-0.05, 0) is 63.1 Å². The Bertz CT molecular complexity index is 796. The number of aryl methyl sites for hydroxylation is 1. The van der Waals surface area contributed by atoms with Crippen LogP contribution < -0.4 is 5.32 Å². The van der Waals surface area contributed by atoms with Gasteiger partial charge >= 0.3 is 0 Å². The summed E-state index contributed by atoms with van der Waals surface area (Å²) in [5, 5.41) is 5.11. The minimum Gasteiger partial charge on any atom is -0.356 e. The lowest BCUT2D eigenvalue weighted by atomic mass is 9.93. The molecule has 0 radical (unpaired) electrons. The van der Waals surface area contributed by atoms with E-state index in [1.54, 1.807) is 0 Å². The molecule has 2 fully saturated rings. The highest BCUT2D eigenvalue weighted by Gasteiger charge is 2.25. The Morgan fingerprint density at radius 1 is 1.35 bits per heavy atom. The Morgan fingerprint density at radius 3 is 2.96 bits per heavy atom. The van der Waals surface area contributed by atoms with Crippen molar-refractivity contribution in [2.75, 3.05) is 13.1 Å². The van der Waals surface area contributed by atoms with E-state index in [2.05, 4.69) is 28.2 Å². The quantitative estimate of drug-likeness (QED) is 0.788. The van der Waals surface area contributed by atoms with Crippen LogP contribution in [0.5, 0.6) is 0 Å². The largest absolute Gasteiger partial charge is 0.356 e. The Hall–Kier alpha value is -1.52. The van der Waals surface area contributed by atoms with Crippen LogP contribution in [-0.4, -0.2) is 34.9 Å². The number of nitrogens with zero attached hydrogens (tertiary/aromatic N) is 1. The molecule has 5 heteroatoms. The normalized spacial score (nSPS) is 21.2. The number of carbonyl (C=O) groups excluding carboxylic acids is 1. The molecule has 0 spiro atoms. The first-order valence-corrected chi connectivity index (χ1v) is 10.3. The van der Waals surface area contributed by atoms with Gasteiger partial charge in [0.2, 0.25) is 5.91 Å². The minimum atomic E-state index is 0.241. The van der Waals surface area contributed by atoms with Gasteiger partial charge in [0.25, 0.3) is 0 Å². The number of halogens is 1. The lowest BCUT2D eigenvalue weighted by Crippen LogP contribution is -2.36. The van der Waals surface area contributed by atoms with Crippen molar-refractivity contribution < 1.29 is 4.79 Å². The maximum absolute atomic E-state index is 11.9. The molecule has 1 aliphatic heterocycles. The van der Waals surface area contributed by atoms with E-state index in [0.29, 0.717) is 18.4 Å². The van der Waals surface area contributed by atoms with E-state index >= 15 is 0 Å². The van der Waals surface area contributed by atoms with Crippen LogP contribution in [0.3, 0.4) is 0 Å². The van der Waals surface area contributed by atoms with Crippen molar-refractivity contribution in [1.82, 2.24) is 15.2 Å². The van der Waals surface area contributed by atoms with Crippen molar-refractivity contribution >= 4 is 28.4 Å². The third kappa shape index (κ3) is 4.07. The standard InChI is InChI=1S/C21H28ClN3O/c1-14-17-5-2-6-18(22)21(17)24-19(14)13-25-11-3-4-15(12-25)7-10-20(26)23-16-8-9-16/h2,5-6,15-16,24H,3-4,7-13H2,1H3,(H,23,26)/t15-/m0/s1. The molecule has 2 aliphatic rings. The summed E-state index contributed by atoms with van der Waals surface area (Å²) in [5.41, 5.74) is 3.61. The maximum Gasteiger partial charge on any atom is 0.220 e. The SMILES string of the molecule is Cc1c(CN2CCC[C@@H](CCC(=O)NC3CC3)C2)[nH]c2c(Cl)cccc12. The van der Waals surface area contributed by atoms with E-state index in [1.165, 1.54) is 29.5 Å². The molecule has 1 aromatic heterocycles. The second-order valence-corrected chi connectivity index (χ2v) is 8.42. The van der Waals surface area contributed by atoms with Gasteiger partial charge in [-0.1, -0.05) is 23.7 Å². The number of likely N-dealkylation sites (tertiary alicyclic amines) is 1. The van der Waals surface area contributed by atoms with Crippen LogP contribution in [0, 0.1) is 12.8 Å². The fourth-order valence-electron chi connectivity index (χ4n) is 4.15.